The van der Waals surface area contributed by atoms with Crippen molar-refractivity contribution < 1.29 is 18.6 Å². The summed E-state index contributed by atoms with van der Waals surface area (Å²) < 4.78 is 31.9. The van der Waals surface area contributed by atoms with Crippen molar-refractivity contribution in [3.8, 4) is 17.2 Å². The van der Waals surface area contributed by atoms with E-state index in [0.29, 0.717) is 24.7 Å². The van der Waals surface area contributed by atoms with Gasteiger partial charge in [0.05, 0.1) is 25.0 Å². The van der Waals surface area contributed by atoms with E-state index in [1.807, 2.05) is 67.4 Å². The van der Waals surface area contributed by atoms with E-state index < -0.39 is 6.23 Å². The molecular formula is C26H25FN2O3. The van der Waals surface area contributed by atoms with E-state index in [0.717, 1.165) is 28.1 Å². The largest absolute Gasteiger partial charge is 0.494 e. The number of fused-ring (bicyclic) bond motifs is 3. The van der Waals surface area contributed by atoms with E-state index in [1.165, 1.54) is 12.1 Å². The minimum Gasteiger partial charge on any atom is -0.494 e. The van der Waals surface area contributed by atoms with Gasteiger partial charge in [-0.1, -0.05) is 24.3 Å². The third-order valence-corrected chi connectivity index (χ3v) is 5.59. The normalized spacial score (nSPS) is 19.3. The van der Waals surface area contributed by atoms with Gasteiger partial charge in [-0.2, -0.15) is 5.01 Å². The predicted octanol–water partition coefficient (Wildman–Crippen LogP) is 5.62. The van der Waals surface area contributed by atoms with Crippen molar-refractivity contribution in [2.45, 2.75) is 26.1 Å². The van der Waals surface area contributed by atoms with Gasteiger partial charge in [-0.15, -0.1) is 0 Å². The Labute approximate surface area is 187 Å². The van der Waals surface area contributed by atoms with Crippen LogP contribution in [0.3, 0.4) is 0 Å². The molecule has 2 atom stereocenters. The molecule has 2 heterocycles. The standard InChI is InChI=1S/C26H25FN2O3/c1-3-30-20-13-11-17(12-14-20)22-16-23-21-9-6-10-24(31-4-2)25(21)32-26(29(23)28-22)18-7-5-8-19(27)15-18/h5-16,23,26,28H,3-4H2,1-2H3. The zero-order valence-corrected chi connectivity index (χ0v) is 18.0. The van der Waals surface area contributed by atoms with Gasteiger partial charge in [0.2, 0.25) is 0 Å². The zero-order valence-electron chi connectivity index (χ0n) is 18.0. The van der Waals surface area contributed by atoms with Crippen molar-refractivity contribution in [3.63, 3.8) is 0 Å². The monoisotopic (exact) mass is 432 g/mol. The number of rotatable bonds is 6. The molecule has 5 nitrogen and oxygen atoms in total. The minimum atomic E-state index is -0.527. The Morgan fingerprint density at radius 1 is 0.969 bits per heavy atom. The minimum absolute atomic E-state index is 0.103. The van der Waals surface area contributed by atoms with E-state index in [1.54, 1.807) is 6.07 Å². The first-order valence-electron chi connectivity index (χ1n) is 10.9. The van der Waals surface area contributed by atoms with Gasteiger partial charge < -0.3 is 19.6 Å². The van der Waals surface area contributed by atoms with Crippen LogP contribution in [0.4, 0.5) is 4.39 Å². The summed E-state index contributed by atoms with van der Waals surface area (Å²) >= 11 is 0. The number of benzene rings is 3. The maximum atomic E-state index is 14.1. The Morgan fingerprint density at radius 3 is 2.50 bits per heavy atom. The number of hydrazine groups is 1. The maximum Gasteiger partial charge on any atom is 0.196 e. The molecule has 32 heavy (non-hydrogen) atoms. The Hall–Kier alpha value is -3.51. The van der Waals surface area contributed by atoms with Crippen LogP contribution in [0, 0.1) is 5.82 Å². The van der Waals surface area contributed by atoms with Crippen molar-refractivity contribution in [3.05, 3.63) is 95.3 Å². The van der Waals surface area contributed by atoms with E-state index in [9.17, 15) is 4.39 Å². The smallest absolute Gasteiger partial charge is 0.196 e. The third kappa shape index (κ3) is 3.67. The lowest BCUT2D eigenvalue weighted by Gasteiger charge is -2.39. The first-order valence-corrected chi connectivity index (χ1v) is 10.9. The SMILES string of the molecule is CCOc1ccc(C2=CC3c4cccc(OCC)c4OC(c4cccc(F)c4)N3N2)cc1. The number of hydrogen-bond acceptors (Lipinski definition) is 5. The van der Waals surface area contributed by atoms with Gasteiger partial charge in [-0.25, -0.2) is 4.39 Å². The summed E-state index contributed by atoms with van der Waals surface area (Å²) in [4.78, 5) is 0. The third-order valence-electron chi connectivity index (χ3n) is 5.59. The molecule has 2 aliphatic heterocycles. The number of nitrogens with one attached hydrogen (secondary N) is 1. The highest BCUT2D eigenvalue weighted by Crippen LogP contribution is 2.49. The molecule has 5 rings (SSSR count). The number of nitrogens with zero attached hydrogens (tertiary/aromatic N) is 1. The van der Waals surface area contributed by atoms with Crippen LogP contribution in [0.15, 0.2) is 72.8 Å². The quantitative estimate of drug-likeness (QED) is 0.548. The van der Waals surface area contributed by atoms with Crippen molar-refractivity contribution in [1.29, 1.82) is 0 Å². The van der Waals surface area contributed by atoms with Crippen LogP contribution in [0.1, 0.15) is 42.8 Å². The zero-order chi connectivity index (χ0) is 22.1. The van der Waals surface area contributed by atoms with E-state index in [4.69, 9.17) is 14.2 Å². The molecule has 3 aromatic rings. The Balaban J connectivity index is 1.56. The second kappa shape index (κ2) is 8.55. The van der Waals surface area contributed by atoms with Crippen LogP contribution in [0.5, 0.6) is 17.2 Å². The molecule has 0 amide bonds. The summed E-state index contributed by atoms with van der Waals surface area (Å²) in [5, 5.41) is 2.01. The van der Waals surface area contributed by atoms with Gasteiger partial charge >= 0.3 is 0 Å². The molecule has 0 saturated heterocycles. The molecule has 0 fully saturated rings. The summed E-state index contributed by atoms with van der Waals surface area (Å²) in [5.74, 6) is 1.91. The molecule has 0 spiro atoms. The number of ether oxygens (including phenoxy) is 3. The molecule has 2 unspecified atom stereocenters. The summed E-state index contributed by atoms with van der Waals surface area (Å²) in [6, 6.07) is 20.3. The molecule has 0 aliphatic carbocycles. The van der Waals surface area contributed by atoms with Gasteiger partial charge in [-0.05, 0) is 68.0 Å². The molecular weight excluding hydrogens is 407 g/mol. The molecule has 1 N–H and O–H groups in total. The van der Waals surface area contributed by atoms with Crippen LogP contribution in [0.25, 0.3) is 5.70 Å². The predicted molar refractivity (Wildman–Crippen MR) is 121 cm³/mol. The van der Waals surface area contributed by atoms with Gasteiger partial charge in [0.15, 0.2) is 17.7 Å². The van der Waals surface area contributed by atoms with E-state index in [-0.39, 0.29) is 11.9 Å². The highest BCUT2D eigenvalue weighted by atomic mass is 19.1. The van der Waals surface area contributed by atoms with Crippen molar-refractivity contribution in [2.24, 2.45) is 0 Å². The average molecular weight is 432 g/mol. The molecule has 0 radical (unpaired) electrons. The topological polar surface area (TPSA) is 43.0 Å². The van der Waals surface area contributed by atoms with E-state index >= 15 is 0 Å². The van der Waals surface area contributed by atoms with Gasteiger partial charge in [0, 0.05) is 11.1 Å². The van der Waals surface area contributed by atoms with Gasteiger partial charge in [0.25, 0.3) is 0 Å². The van der Waals surface area contributed by atoms with Gasteiger partial charge in [0.1, 0.15) is 11.6 Å². The lowest BCUT2D eigenvalue weighted by Crippen LogP contribution is -2.43. The summed E-state index contributed by atoms with van der Waals surface area (Å²) in [6.45, 7) is 5.07. The number of para-hydroxylation sites is 1. The highest BCUT2D eigenvalue weighted by molar-refractivity contribution is 5.68. The fourth-order valence-electron chi connectivity index (χ4n) is 4.20. The first-order chi connectivity index (χ1) is 15.7. The highest BCUT2D eigenvalue weighted by Gasteiger charge is 2.41. The molecule has 0 aromatic heterocycles. The molecule has 3 aromatic carbocycles. The molecule has 164 valence electrons. The molecule has 6 heteroatoms. The van der Waals surface area contributed by atoms with Crippen molar-refractivity contribution in [2.75, 3.05) is 13.2 Å². The van der Waals surface area contributed by atoms with Crippen LogP contribution >= 0.6 is 0 Å². The summed E-state index contributed by atoms with van der Waals surface area (Å²) in [5.41, 5.74) is 7.19. The van der Waals surface area contributed by atoms with Gasteiger partial charge in [-0.3, -0.25) is 0 Å². The lowest BCUT2D eigenvalue weighted by molar-refractivity contribution is -0.0347. The summed E-state index contributed by atoms with van der Waals surface area (Å²) in [6.07, 6.45) is 1.64. The number of halogens is 1. The Bertz CT molecular complexity index is 1150. The first kappa shape index (κ1) is 20.4. The van der Waals surface area contributed by atoms with Crippen LogP contribution in [0.2, 0.25) is 0 Å². The maximum absolute atomic E-state index is 14.1. The second-order valence-electron chi connectivity index (χ2n) is 7.63. The Morgan fingerprint density at radius 2 is 1.75 bits per heavy atom. The summed E-state index contributed by atoms with van der Waals surface area (Å²) in [7, 11) is 0. The fourth-order valence-corrected chi connectivity index (χ4v) is 4.20. The molecule has 0 saturated carbocycles. The van der Waals surface area contributed by atoms with Crippen LogP contribution in [-0.2, 0) is 0 Å². The van der Waals surface area contributed by atoms with E-state index in [2.05, 4.69) is 11.5 Å². The fraction of sp³-hybridized carbons (Fsp3) is 0.231. The number of hydrogen-bond donors (Lipinski definition) is 1. The van der Waals surface area contributed by atoms with Crippen LogP contribution < -0.4 is 19.6 Å². The van der Waals surface area contributed by atoms with Crippen molar-refractivity contribution in [1.82, 2.24) is 10.4 Å². The lowest BCUT2D eigenvalue weighted by atomic mass is 10.00. The van der Waals surface area contributed by atoms with Crippen molar-refractivity contribution >= 4 is 5.70 Å². The second-order valence-corrected chi connectivity index (χ2v) is 7.63. The Kier molecular flexibility index (Phi) is 5.45. The average Bonchev–Trinajstić information content (AvgIpc) is 3.25. The molecule has 2 aliphatic rings. The molecule has 0 bridgehead atoms. The van der Waals surface area contributed by atoms with Crippen LogP contribution in [-0.4, -0.2) is 18.2 Å².